The fourth-order valence-electron chi connectivity index (χ4n) is 3.82. The van der Waals surface area contributed by atoms with Crippen LogP contribution in [0.1, 0.15) is 54.4 Å². The van der Waals surface area contributed by atoms with Crippen molar-refractivity contribution in [2.45, 2.75) is 62.6 Å². The molecule has 3 rings (SSSR count). The molecule has 1 aliphatic carbocycles. The lowest BCUT2D eigenvalue weighted by Gasteiger charge is -2.31. The number of nitrogens with one attached hydrogen (secondary N) is 2. The number of alkyl halides is 6. The van der Waals surface area contributed by atoms with Gasteiger partial charge in [0, 0.05) is 11.6 Å². The molecule has 31 heavy (non-hydrogen) atoms. The molecule has 6 nitrogen and oxygen atoms in total. The van der Waals surface area contributed by atoms with Gasteiger partial charge in [0.2, 0.25) is 0 Å². The molecule has 170 valence electrons. The van der Waals surface area contributed by atoms with E-state index >= 15 is 0 Å². The van der Waals surface area contributed by atoms with Crippen LogP contribution in [-0.2, 0) is 11.0 Å². The molecule has 1 atom stereocenters. The second-order valence-corrected chi connectivity index (χ2v) is 7.53. The standard InChI is InChI=1S/C19H19F6N3O3/c20-18(21,22)12-7-5-6-11(10-12)14(29)26-17(19(23,24)25)15(30)28(16(31)27-17)13-8-3-1-2-4-9-13/h5-7,10,13H,1-4,8-9H2,(H,26,29)(H,27,31)/t17-/m1/s1. The van der Waals surface area contributed by atoms with Crippen LogP contribution in [0.3, 0.4) is 0 Å². The first-order chi connectivity index (χ1) is 14.4. The quantitative estimate of drug-likeness (QED) is 0.415. The number of amides is 4. The summed E-state index contributed by atoms with van der Waals surface area (Å²) in [5, 5.41) is 2.97. The summed E-state index contributed by atoms with van der Waals surface area (Å²) in [5.41, 5.74) is -5.75. The van der Waals surface area contributed by atoms with Crippen LogP contribution in [0.5, 0.6) is 0 Å². The summed E-state index contributed by atoms with van der Waals surface area (Å²) in [6, 6.07) is 0.670. The molecule has 2 N–H and O–H groups in total. The molecule has 2 aliphatic rings. The van der Waals surface area contributed by atoms with Crippen molar-refractivity contribution >= 4 is 17.8 Å². The molecule has 1 aliphatic heterocycles. The van der Waals surface area contributed by atoms with Crippen molar-refractivity contribution in [1.29, 1.82) is 0 Å². The summed E-state index contributed by atoms with van der Waals surface area (Å²) >= 11 is 0. The van der Waals surface area contributed by atoms with Gasteiger partial charge in [-0.1, -0.05) is 31.7 Å². The van der Waals surface area contributed by atoms with E-state index in [9.17, 15) is 40.7 Å². The van der Waals surface area contributed by atoms with Crippen molar-refractivity contribution in [3.8, 4) is 0 Å². The molecule has 1 aromatic carbocycles. The lowest BCUT2D eigenvalue weighted by Crippen LogP contribution is -2.69. The Morgan fingerprint density at radius 2 is 1.65 bits per heavy atom. The number of nitrogens with zero attached hydrogens (tertiary/aromatic N) is 1. The minimum Gasteiger partial charge on any atom is -0.314 e. The molecule has 1 heterocycles. The van der Waals surface area contributed by atoms with Crippen LogP contribution in [-0.4, -0.2) is 40.6 Å². The maximum absolute atomic E-state index is 13.9. The minimum absolute atomic E-state index is 0.328. The zero-order chi connectivity index (χ0) is 23.0. The van der Waals surface area contributed by atoms with Gasteiger partial charge in [-0.2, -0.15) is 26.3 Å². The highest BCUT2D eigenvalue weighted by atomic mass is 19.4. The van der Waals surface area contributed by atoms with E-state index in [0.717, 1.165) is 25.0 Å². The molecule has 0 bridgehead atoms. The molecule has 12 heteroatoms. The van der Waals surface area contributed by atoms with Crippen LogP contribution in [0, 0.1) is 0 Å². The Morgan fingerprint density at radius 1 is 1.03 bits per heavy atom. The van der Waals surface area contributed by atoms with Crippen molar-refractivity contribution in [2.75, 3.05) is 0 Å². The van der Waals surface area contributed by atoms with Gasteiger partial charge in [-0.05, 0) is 31.0 Å². The van der Waals surface area contributed by atoms with E-state index in [-0.39, 0.29) is 0 Å². The van der Waals surface area contributed by atoms with E-state index in [0.29, 0.717) is 42.7 Å². The first kappa shape index (κ1) is 22.9. The Kier molecular flexibility index (Phi) is 5.94. The molecule has 0 unspecified atom stereocenters. The van der Waals surface area contributed by atoms with Crippen molar-refractivity contribution in [1.82, 2.24) is 15.5 Å². The number of carbonyl (C=O) groups is 3. The van der Waals surface area contributed by atoms with Gasteiger partial charge in [-0.25, -0.2) is 4.79 Å². The Balaban J connectivity index is 1.93. The van der Waals surface area contributed by atoms with Gasteiger partial charge in [-0.3, -0.25) is 19.8 Å². The van der Waals surface area contributed by atoms with E-state index in [4.69, 9.17) is 0 Å². The Bertz CT molecular complexity index is 877. The van der Waals surface area contributed by atoms with E-state index in [1.807, 2.05) is 0 Å². The highest BCUT2D eigenvalue weighted by Gasteiger charge is 2.69. The first-order valence-electron chi connectivity index (χ1n) is 9.59. The van der Waals surface area contributed by atoms with Crippen molar-refractivity contribution in [3.63, 3.8) is 0 Å². The van der Waals surface area contributed by atoms with E-state index in [1.54, 1.807) is 0 Å². The average molecular weight is 451 g/mol. The third-order valence-electron chi connectivity index (χ3n) is 5.42. The molecule has 4 amide bonds. The van der Waals surface area contributed by atoms with Gasteiger partial charge >= 0.3 is 18.4 Å². The average Bonchev–Trinajstić information content (AvgIpc) is 2.84. The number of hydrogen-bond acceptors (Lipinski definition) is 3. The highest BCUT2D eigenvalue weighted by molar-refractivity contribution is 6.10. The predicted molar refractivity (Wildman–Crippen MR) is 94.6 cm³/mol. The van der Waals surface area contributed by atoms with Gasteiger partial charge in [0.25, 0.3) is 17.5 Å². The summed E-state index contributed by atoms with van der Waals surface area (Å²) in [6.45, 7) is 0. The zero-order valence-corrected chi connectivity index (χ0v) is 16.1. The molecule has 2 fully saturated rings. The van der Waals surface area contributed by atoms with Crippen molar-refractivity contribution in [2.24, 2.45) is 0 Å². The summed E-state index contributed by atoms with van der Waals surface area (Å²) < 4.78 is 80.5. The smallest absolute Gasteiger partial charge is 0.314 e. The molecule has 0 aromatic heterocycles. The van der Waals surface area contributed by atoms with Gasteiger partial charge in [-0.15, -0.1) is 0 Å². The third kappa shape index (κ3) is 4.33. The highest BCUT2D eigenvalue weighted by Crippen LogP contribution is 2.37. The first-order valence-corrected chi connectivity index (χ1v) is 9.59. The van der Waals surface area contributed by atoms with E-state index in [1.165, 1.54) is 10.6 Å². The van der Waals surface area contributed by atoms with Gasteiger partial charge < -0.3 is 5.32 Å². The molecule has 1 aromatic rings. The third-order valence-corrected chi connectivity index (χ3v) is 5.42. The van der Waals surface area contributed by atoms with Gasteiger partial charge in [0.15, 0.2) is 0 Å². The summed E-state index contributed by atoms with van der Waals surface area (Å²) in [7, 11) is 0. The minimum atomic E-state index is -5.43. The van der Waals surface area contributed by atoms with Crippen LogP contribution in [0.4, 0.5) is 31.1 Å². The normalized spacial score (nSPS) is 23.5. The second kappa shape index (κ2) is 8.04. The second-order valence-electron chi connectivity index (χ2n) is 7.53. The number of imide groups is 1. The van der Waals surface area contributed by atoms with Crippen molar-refractivity contribution in [3.05, 3.63) is 35.4 Å². The summed E-state index contributed by atoms with van der Waals surface area (Å²) in [5.74, 6) is -3.28. The number of rotatable bonds is 3. The SMILES string of the molecule is O=C(N[C@@]1(C(F)(F)F)NC(=O)N(C2CCCCCC2)C1=O)c1cccc(C(F)(F)F)c1. The molecule has 1 saturated carbocycles. The monoisotopic (exact) mass is 451 g/mol. The van der Waals surface area contributed by atoms with Gasteiger partial charge in [0.05, 0.1) is 5.56 Å². The van der Waals surface area contributed by atoms with Crippen LogP contribution in [0.2, 0.25) is 0 Å². The van der Waals surface area contributed by atoms with Crippen LogP contribution in [0.15, 0.2) is 24.3 Å². The topological polar surface area (TPSA) is 78.5 Å². The molecular weight excluding hydrogens is 432 g/mol. The number of benzene rings is 1. The number of hydrogen-bond donors (Lipinski definition) is 2. The predicted octanol–water partition coefficient (Wildman–Crippen LogP) is 3.97. The maximum Gasteiger partial charge on any atom is 0.440 e. The van der Waals surface area contributed by atoms with Gasteiger partial charge in [0.1, 0.15) is 0 Å². The Morgan fingerprint density at radius 3 is 2.19 bits per heavy atom. The van der Waals surface area contributed by atoms with Crippen LogP contribution < -0.4 is 10.6 Å². The fourth-order valence-corrected chi connectivity index (χ4v) is 3.82. The Labute approximate surface area is 173 Å². The van der Waals surface area contributed by atoms with Crippen LogP contribution in [0.25, 0.3) is 0 Å². The Hall–Kier alpha value is -2.79. The molecular formula is C19H19F6N3O3. The summed E-state index contributed by atoms with van der Waals surface area (Å²) in [4.78, 5) is 38.1. The van der Waals surface area contributed by atoms with E-state index < -0.39 is 53.0 Å². The summed E-state index contributed by atoms with van der Waals surface area (Å²) in [6.07, 6.45) is -6.73. The molecule has 0 spiro atoms. The molecule has 1 saturated heterocycles. The fraction of sp³-hybridized carbons (Fsp3) is 0.526. The largest absolute Gasteiger partial charge is 0.440 e. The molecule has 0 radical (unpaired) electrons. The lowest BCUT2D eigenvalue weighted by molar-refractivity contribution is -0.200. The number of halogens is 6. The van der Waals surface area contributed by atoms with Crippen LogP contribution >= 0.6 is 0 Å². The number of carbonyl (C=O) groups excluding carboxylic acids is 3. The maximum atomic E-state index is 13.9. The lowest BCUT2D eigenvalue weighted by atomic mass is 10.0. The van der Waals surface area contributed by atoms with E-state index in [2.05, 4.69) is 0 Å². The van der Waals surface area contributed by atoms with Crippen molar-refractivity contribution < 1.29 is 40.7 Å². The zero-order valence-electron chi connectivity index (χ0n) is 16.1. The number of urea groups is 1.